The average Bonchev–Trinajstić information content (AvgIpc) is 2.45. The summed E-state index contributed by atoms with van der Waals surface area (Å²) >= 11 is 0. The summed E-state index contributed by atoms with van der Waals surface area (Å²) in [6.45, 7) is 5.90. The van der Waals surface area contributed by atoms with Gasteiger partial charge in [-0.05, 0) is 32.9 Å². The van der Waals surface area contributed by atoms with Gasteiger partial charge in [0.05, 0.1) is 19.8 Å². The lowest BCUT2D eigenvalue weighted by molar-refractivity contribution is 0.0529. The van der Waals surface area contributed by atoms with E-state index >= 15 is 0 Å². The van der Waals surface area contributed by atoms with Crippen molar-refractivity contribution in [3.63, 3.8) is 0 Å². The van der Waals surface area contributed by atoms with Crippen LogP contribution in [0.5, 0.6) is 11.5 Å². The molecular weight excluding hydrogens is 282 g/mol. The predicted molar refractivity (Wildman–Crippen MR) is 85.3 cm³/mol. The molecule has 5 nitrogen and oxygen atoms in total. The molecule has 0 aromatic heterocycles. The van der Waals surface area contributed by atoms with Crippen LogP contribution in [0.2, 0.25) is 0 Å². The summed E-state index contributed by atoms with van der Waals surface area (Å²) in [5, 5.41) is 2.66. The van der Waals surface area contributed by atoms with E-state index in [-0.39, 0.29) is 0 Å². The van der Waals surface area contributed by atoms with E-state index in [0.29, 0.717) is 24.5 Å². The van der Waals surface area contributed by atoms with Crippen molar-refractivity contribution in [3.8, 4) is 23.3 Å². The number of ether oxygens (including phenoxy) is 3. The highest BCUT2D eigenvalue weighted by Gasteiger charge is 2.15. The summed E-state index contributed by atoms with van der Waals surface area (Å²) < 4.78 is 15.5. The smallest absolute Gasteiger partial charge is 0.407 e. The Kier molecular flexibility index (Phi) is 6.58. The summed E-state index contributed by atoms with van der Waals surface area (Å²) in [6.07, 6.45) is 0.0883. The Morgan fingerprint density at radius 1 is 1.23 bits per heavy atom. The Morgan fingerprint density at radius 3 is 2.55 bits per heavy atom. The number of hydrogen-bond acceptors (Lipinski definition) is 4. The molecule has 1 rings (SSSR count). The topological polar surface area (TPSA) is 56.8 Å². The van der Waals surface area contributed by atoms with Gasteiger partial charge in [0.1, 0.15) is 17.1 Å². The van der Waals surface area contributed by atoms with Crippen LogP contribution in [0.15, 0.2) is 18.2 Å². The minimum atomic E-state index is -0.494. The van der Waals surface area contributed by atoms with Gasteiger partial charge in [0.25, 0.3) is 0 Å². The second-order valence-corrected chi connectivity index (χ2v) is 5.55. The van der Waals surface area contributed by atoms with Gasteiger partial charge in [-0.2, -0.15) is 0 Å². The Hall–Kier alpha value is -2.35. The molecule has 22 heavy (non-hydrogen) atoms. The Bertz CT molecular complexity index is 564. The molecule has 0 atom stereocenters. The summed E-state index contributed by atoms with van der Waals surface area (Å²) in [5.74, 6) is 7.38. The molecular formula is C17H23NO4. The van der Waals surface area contributed by atoms with Gasteiger partial charge in [-0.15, -0.1) is 0 Å². The normalized spacial score (nSPS) is 10.2. The number of alkyl carbamates (subject to hydrolysis) is 1. The highest BCUT2D eigenvalue weighted by molar-refractivity contribution is 5.67. The van der Waals surface area contributed by atoms with Gasteiger partial charge in [0.2, 0.25) is 0 Å². The molecule has 5 heteroatoms. The number of methoxy groups -OCH3 is 2. The van der Waals surface area contributed by atoms with Gasteiger partial charge < -0.3 is 19.5 Å². The van der Waals surface area contributed by atoms with Crippen LogP contribution in [0.1, 0.15) is 32.8 Å². The number of carbonyl (C=O) groups is 1. The second-order valence-electron chi connectivity index (χ2n) is 5.55. The molecule has 0 aliphatic rings. The molecule has 0 aliphatic heterocycles. The zero-order valence-electron chi connectivity index (χ0n) is 13.8. The largest absolute Gasteiger partial charge is 0.497 e. The Labute approximate surface area is 131 Å². The number of nitrogens with one attached hydrogen (secondary N) is 1. The average molecular weight is 305 g/mol. The first kappa shape index (κ1) is 17.7. The number of benzene rings is 1. The lowest BCUT2D eigenvalue weighted by atomic mass is 10.2. The summed E-state index contributed by atoms with van der Waals surface area (Å²) in [6, 6.07) is 5.44. The van der Waals surface area contributed by atoms with Crippen molar-refractivity contribution in [3.05, 3.63) is 23.8 Å². The third-order valence-corrected chi connectivity index (χ3v) is 2.55. The van der Waals surface area contributed by atoms with Gasteiger partial charge >= 0.3 is 6.09 Å². The van der Waals surface area contributed by atoms with Crippen LogP contribution in [0, 0.1) is 11.8 Å². The van der Waals surface area contributed by atoms with E-state index in [1.807, 2.05) is 32.9 Å². The van der Waals surface area contributed by atoms with Crippen LogP contribution in [0.3, 0.4) is 0 Å². The number of carbonyl (C=O) groups excluding carboxylic acids is 1. The molecule has 0 saturated heterocycles. The third kappa shape index (κ3) is 6.40. The van der Waals surface area contributed by atoms with Gasteiger partial charge in [-0.3, -0.25) is 0 Å². The fourth-order valence-electron chi connectivity index (χ4n) is 1.60. The summed E-state index contributed by atoms with van der Waals surface area (Å²) in [7, 11) is 3.19. The molecule has 0 aliphatic carbocycles. The molecule has 0 radical (unpaired) electrons. The van der Waals surface area contributed by atoms with E-state index in [2.05, 4.69) is 17.2 Å². The molecule has 0 unspecified atom stereocenters. The highest BCUT2D eigenvalue weighted by Crippen LogP contribution is 2.23. The van der Waals surface area contributed by atoms with Crippen molar-refractivity contribution in [1.29, 1.82) is 0 Å². The highest BCUT2D eigenvalue weighted by atomic mass is 16.6. The number of rotatable bonds is 4. The van der Waals surface area contributed by atoms with Crippen molar-refractivity contribution >= 4 is 6.09 Å². The van der Waals surface area contributed by atoms with E-state index in [0.717, 1.165) is 5.56 Å². The van der Waals surface area contributed by atoms with Gasteiger partial charge in [-0.25, -0.2) is 4.79 Å². The van der Waals surface area contributed by atoms with E-state index in [4.69, 9.17) is 14.2 Å². The maximum atomic E-state index is 11.4. The van der Waals surface area contributed by atoms with Crippen LogP contribution in [0.4, 0.5) is 4.79 Å². The Morgan fingerprint density at radius 2 is 1.95 bits per heavy atom. The summed E-state index contributed by atoms with van der Waals surface area (Å²) in [4.78, 5) is 11.4. The Balaban J connectivity index is 2.50. The molecule has 120 valence electrons. The standard InChI is InChI=1S/C17H23NO4/c1-17(2,3)22-16(19)18-11-7-6-8-13-9-10-14(20-4)12-15(13)21-5/h9-10,12H,7,11H2,1-5H3,(H,18,19). The SMILES string of the molecule is COc1ccc(C#CCCNC(=O)OC(C)(C)C)c(OC)c1. The van der Waals surface area contributed by atoms with Gasteiger partial charge in [0, 0.05) is 19.0 Å². The van der Waals surface area contributed by atoms with Crippen LogP contribution >= 0.6 is 0 Å². The van der Waals surface area contributed by atoms with Crippen LogP contribution in [-0.2, 0) is 4.74 Å². The van der Waals surface area contributed by atoms with E-state index in [1.165, 1.54) is 0 Å². The number of amides is 1. The quantitative estimate of drug-likeness (QED) is 0.686. The van der Waals surface area contributed by atoms with Crippen molar-refractivity contribution in [1.82, 2.24) is 5.32 Å². The van der Waals surface area contributed by atoms with Gasteiger partial charge in [0.15, 0.2) is 0 Å². The minimum Gasteiger partial charge on any atom is -0.497 e. The van der Waals surface area contributed by atoms with Crippen LogP contribution < -0.4 is 14.8 Å². The van der Waals surface area contributed by atoms with E-state index in [1.54, 1.807) is 20.3 Å². The molecule has 1 aromatic carbocycles. The van der Waals surface area contributed by atoms with Crippen LogP contribution in [-0.4, -0.2) is 32.5 Å². The first-order chi connectivity index (χ1) is 10.4. The van der Waals surface area contributed by atoms with Crippen molar-refractivity contribution in [2.75, 3.05) is 20.8 Å². The zero-order chi connectivity index (χ0) is 16.6. The zero-order valence-corrected chi connectivity index (χ0v) is 13.8. The predicted octanol–water partition coefficient (Wildman–Crippen LogP) is 2.97. The molecule has 0 bridgehead atoms. The molecule has 0 heterocycles. The molecule has 1 N–H and O–H groups in total. The fraction of sp³-hybridized carbons (Fsp3) is 0.471. The van der Waals surface area contributed by atoms with E-state index in [9.17, 15) is 4.79 Å². The summed E-state index contributed by atoms with van der Waals surface area (Å²) in [5.41, 5.74) is 0.284. The lowest BCUT2D eigenvalue weighted by Gasteiger charge is -2.19. The minimum absolute atomic E-state index is 0.431. The maximum absolute atomic E-state index is 11.4. The van der Waals surface area contributed by atoms with Crippen LogP contribution in [0.25, 0.3) is 0 Å². The van der Waals surface area contributed by atoms with Crippen molar-refractivity contribution < 1.29 is 19.0 Å². The second kappa shape index (κ2) is 8.18. The lowest BCUT2D eigenvalue weighted by Crippen LogP contribution is -2.32. The molecule has 0 fully saturated rings. The van der Waals surface area contributed by atoms with E-state index < -0.39 is 11.7 Å². The van der Waals surface area contributed by atoms with Crippen molar-refractivity contribution in [2.45, 2.75) is 32.8 Å². The first-order valence-electron chi connectivity index (χ1n) is 7.03. The number of hydrogen-bond donors (Lipinski definition) is 1. The van der Waals surface area contributed by atoms with Gasteiger partial charge in [-0.1, -0.05) is 11.8 Å². The molecule has 0 spiro atoms. The molecule has 0 saturated carbocycles. The maximum Gasteiger partial charge on any atom is 0.407 e. The molecule has 1 amide bonds. The monoisotopic (exact) mass is 305 g/mol. The first-order valence-corrected chi connectivity index (χ1v) is 7.03. The molecule has 1 aromatic rings. The fourth-order valence-corrected chi connectivity index (χ4v) is 1.60. The third-order valence-electron chi connectivity index (χ3n) is 2.55. The van der Waals surface area contributed by atoms with Crippen molar-refractivity contribution in [2.24, 2.45) is 0 Å².